The monoisotopic (exact) mass is 437 g/mol. The Labute approximate surface area is 181 Å². The second kappa shape index (κ2) is 8.58. The van der Waals surface area contributed by atoms with E-state index in [0.29, 0.717) is 33.6 Å². The average Bonchev–Trinajstić information content (AvgIpc) is 2.79. The molecule has 32 heavy (non-hydrogen) atoms. The summed E-state index contributed by atoms with van der Waals surface area (Å²) >= 11 is 0. The number of rotatable bonds is 5. The molecule has 0 saturated carbocycles. The number of hydrogen-bond donors (Lipinski definition) is 2. The van der Waals surface area contributed by atoms with Crippen molar-refractivity contribution in [2.75, 3.05) is 17.7 Å². The van der Waals surface area contributed by atoms with E-state index < -0.39 is 11.7 Å². The summed E-state index contributed by atoms with van der Waals surface area (Å²) in [5.74, 6) is 0.271. The highest BCUT2D eigenvalue weighted by molar-refractivity contribution is 6.04. The molecule has 1 aromatic heterocycles. The van der Waals surface area contributed by atoms with Crippen LogP contribution in [0.3, 0.4) is 0 Å². The van der Waals surface area contributed by atoms with Crippen LogP contribution in [0.4, 0.5) is 30.2 Å². The van der Waals surface area contributed by atoms with Crippen LogP contribution in [-0.2, 0) is 6.18 Å². The summed E-state index contributed by atoms with van der Waals surface area (Å²) in [7, 11) is 1.53. The second-order valence-corrected chi connectivity index (χ2v) is 6.95. The number of nitrogens with one attached hydrogen (secondary N) is 2. The summed E-state index contributed by atoms with van der Waals surface area (Å²) in [6.07, 6.45) is -3.76. The van der Waals surface area contributed by atoms with Gasteiger partial charge in [0.05, 0.1) is 23.9 Å². The van der Waals surface area contributed by atoms with Gasteiger partial charge < -0.3 is 15.4 Å². The number of fused-ring (bicyclic) bond motifs is 1. The lowest BCUT2D eigenvalue weighted by molar-refractivity contribution is -0.137. The largest absolute Gasteiger partial charge is 0.497 e. The first kappa shape index (κ1) is 21.2. The number of aromatic nitrogens is 1. The van der Waals surface area contributed by atoms with E-state index in [9.17, 15) is 18.0 Å². The molecule has 0 spiro atoms. The number of pyridine rings is 1. The van der Waals surface area contributed by atoms with E-state index in [1.165, 1.54) is 7.11 Å². The molecule has 2 N–H and O–H groups in total. The number of halogens is 3. The lowest BCUT2D eigenvalue weighted by Crippen LogP contribution is -2.12. The van der Waals surface area contributed by atoms with Crippen LogP contribution >= 0.6 is 0 Å². The zero-order chi connectivity index (χ0) is 22.7. The highest BCUT2D eigenvalue weighted by Crippen LogP contribution is 2.39. The van der Waals surface area contributed by atoms with E-state index in [-0.39, 0.29) is 11.6 Å². The van der Waals surface area contributed by atoms with Gasteiger partial charge in [-0.1, -0.05) is 24.3 Å². The van der Waals surface area contributed by atoms with Crippen LogP contribution in [-0.4, -0.2) is 18.0 Å². The molecule has 0 radical (unpaired) electrons. The fourth-order valence-corrected chi connectivity index (χ4v) is 3.26. The number of anilines is 3. The highest BCUT2D eigenvalue weighted by atomic mass is 19.4. The summed E-state index contributed by atoms with van der Waals surface area (Å²) < 4.78 is 46.0. The maximum absolute atomic E-state index is 13.6. The van der Waals surface area contributed by atoms with Crippen molar-refractivity contribution < 1.29 is 22.7 Å². The molecule has 0 saturated heterocycles. The summed E-state index contributed by atoms with van der Waals surface area (Å²) in [5.41, 5.74) is 0.711. The van der Waals surface area contributed by atoms with Crippen molar-refractivity contribution in [2.24, 2.45) is 0 Å². The fourth-order valence-electron chi connectivity index (χ4n) is 3.26. The summed E-state index contributed by atoms with van der Waals surface area (Å²) in [5, 5.41) is 5.95. The molecule has 4 aromatic rings. The van der Waals surface area contributed by atoms with Gasteiger partial charge in [-0.15, -0.1) is 0 Å². The van der Waals surface area contributed by atoms with Gasteiger partial charge in [-0.3, -0.25) is 9.78 Å². The average molecular weight is 437 g/mol. The van der Waals surface area contributed by atoms with Gasteiger partial charge in [0.15, 0.2) is 0 Å². The van der Waals surface area contributed by atoms with Crippen LogP contribution in [0.2, 0.25) is 0 Å². The predicted octanol–water partition coefficient (Wildman–Crippen LogP) is 6.26. The minimum absolute atomic E-state index is 0.0956. The molecule has 0 aliphatic heterocycles. The minimum Gasteiger partial charge on any atom is -0.497 e. The number of amides is 1. The van der Waals surface area contributed by atoms with Gasteiger partial charge in [0.25, 0.3) is 5.91 Å². The molecule has 0 aliphatic carbocycles. The number of carbonyl (C=O) groups excluding carboxylic acids is 1. The van der Waals surface area contributed by atoms with E-state index >= 15 is 0 Å². The third-order valence-electron chi connectivity index (χ3n) is 4.82. The van der Waals surface area contributed by atoms with Crippen LogP contribution in [0, 0.1) is 0 Å². The molecule has 0 bridgehead atoms. The molecule has 8 heteroatoms. The van der Waals surface area contributed by atoms with Gasteiger partial charge in [0.2, 0.25) is 0 Å². The van der Waals surface area contributed by atoms with Crippen molar-refractivity contribution in [1.29, 1.82) is 0 Å². The molecule has 162 valence electrons. The molecule has 0 atom stereocenters. The number of hydrogen-bond acceptors (Lipinski definition) is 4. The Kier molecular flexibility index (Phi) is 5.68. The van der Waals surface area contributed by atoms with Crippen molar-refractivity contribution in [3.63, 3.8) is 0 Å². The lowest BCUT2D eigenvalue weighted by Gasteiger charge is -2.17. The number of methoxy groups -OCH3 is 1. The first-order chi connectivity index (χ1) is 15.3. The van der Waals surface area contributed by atoms with Gasteiger partial charge in [-0.2, -0.15) is 13.2 Å². The molecule has 3 aromatic carbocycles. The third kappa shape index (κ3) is 4.49. The smallest absolute Gasteiger partial charge is 0.419 e. The summed E-state index contributed by atoms with van der Waals surface area (Å²) in [4.78, 5) is 16.4. The normalized spacial score (nSPS) is 11.2. The van der Waals surface area contributed by atoms with E-state index in [4.69, 9.17) is 4.74 Å². The third-order valence-corrected chi connectivity index (χ3v) is 4.82. The number of nitrogens with zero attached hydrogens (tertiary/aromatic N) is 1. The quantitative estimate of drug-likeness (QED) is 0.387. The molecule has 1 heterocycles. The standard InChI is InChI=1S/C24H18F3N3O2/c1-32-18-11-9-15(10-12-18)23(31)30-17-6-4-5-16(13-17)29-22-19-7-2-3-8-21(19)28-14-20(22)24(25,26)27/h2-14H,1H3,(H,28,29)(H,30,31). The van der Waals surface area contributed by atoms with Crippen LogP contribution < -0.4 is 15.4 Å². The number of para-hydroxylation sites is 1. The number of alkyl halides is 3. The van der Waals surface area contributed by atoms with E-state index in [2.05, 4.69) is 15.6 Å². The Morgan fingerprint density at radius 1 is 0.938 bits per heavy atom. The Morgan fingerprint density at radius 3 is 2.38 bits per heavy atom. The number of benzene rings is 3. The molecule has 0 unspecified atom stereocenters. The Balaban J connectivity index is 1.63. The lowest BCUT2D eigenvalue weighted by atomic mass is 10.1. The SMILES string of the molecule is COc1ccc(C(=O)Nc2cccc(Nc3c(C(F)(F)F)cnc4ccccc34)c2)cc1. The second-order valence-electron chi connectivity index (χ2n) is 6.95. The Morgan fingerprint density at radius 2 is 1.66 bits per heavy atom. The molecule has 0 aliphatic rings. The highest BCUT2D eigenvalue weighted by Gasteiger charge is 2.35. The van der Waals surface area contributed by atoms with Gasteiger partial charge in [-0.25, -0.2) is 0 Å². The van der Waals surface area contributed by atoms with Gasteiger partial charge in [0, 0.05) is 28.5 Å². The molecule has 4 rings (SSSR count). The zero-order valence-electron chi connectivity index (χ0n) is 16.9. The zero-order valence-corrected chi connectivity index (χ0v) is 16.9. The van der Waals surface area contributed by atoms with E-state index in [0.717, 1.165) is 6.20 Å². The van der Waals surface area contributed by atoms with Crippen LogP contribution in [0.15, 0.2) is 79.0 Å². The molecule has 1 amide bonds. The molecule has 5 nitrogen and oxygen atoms in total. The van der Waals surface area contributed by atoms with Crippen molar-refractivity contribution in [2.45, 2.75) is 6.18 Å². The minimum atomic E-state index is -4.58. The van der Waals surface area contributed by atoms with E-state index in [1.54, 1.807) is 72.8 Å². The van der Waals surface area contributed by atoms with E-state index in [1.807, 2.05) is 0 Å². The van der Waals surface area contributed by atoms with Crippen molar-refractivity contribution in [3.05, 3.63) is 90.1 Å². The molecule has 0 fully saturated rings. The van der Waals surface area contributed by atoms with Gasteiger partial charge in [-0.05, 0) is 48.5 Å². The molecular weight excluding hydrogens is 419 g/mol. The predicted molar refractivity (Wildman–Crippen MR) is 117 cm³/mol. The first-order valence-corrected chi connectivity index (χ1v) is 9.62. The topological polar surface area (TPSA) is 63.2 Å². The van der Waals surface area contributed by atoms with Gasteiger partial charge >= 0.3 is 6.18 Å². The van der Waals surface area contributed by atoms with Gasteiger partial charge in [0.1, 0.15) is 5.75 Å². The number of ether oxygens (including phenoxy) is 1. The summed E-state index contributed by atoms with van der Waals surface area (Å²) in [6, 6.07) is 19.6. The molecular formula is C24H18F3N3O2. The maximum Gasteiger partial charge on any atom is 0.419 e. The van der Waals surface area contributed by atoms with Crippen molar-refractivity contribution in [3.8, 4) is 5.75 Å². The van der Waals surface area contributed by atoms with Crippen LogP contribution in [0.1, 0.15) is 15.9 Å². The van der Waals surface area contributed by atoms with Crippen molar-refractivity contribution >= 4 is 33.9 Å². The Hall–Kier alpha value is -4.07. The first-order valence-electron chi connectivity index (χ1n) is 9.62. The van der Waals surface area contributed by atoms with Crippen molar-refractivity contribution in [1.82, 2.24) is 4.98 Å². The van der Waals surface area contributed by atoms with Crippen LogP contribution in [0.25, 0.3) is 10.9 Å². The van der Waals surface area contributed by atoms with Crippen LogP contribution in [0.5, 0.6) is 5.75 Å². The maximum atomic E-state index is 13.6. The fraction of sp³-hybridized carbons (Fsp3) is 0.0833. The number of carbonyl (C=O) groups is 1. The summed E-state index contributed by atoms with van der Waals surface area (Å²) in [6.45, 7) is 0. The Bertz CT molecular complexity index is 1270.